The Kier molecular flexibility index (Phi) is 5.03. The average molecular weight is 239 g/mol. The number of hydrogen-bond acceptors (Lipinski definition) is 5. The molecule has 1 heterocycles. The monoisotopic (exact) mass is 239 g/mol. The molecule has 0 fully saturated rings. The fraction of sp³-hybridized carbons (Fsp3) is 0.583. The third-order valence-electron chi connectivity index (χ3n) is 2.44. The first-order valence-electron chi connectivity index (χ1n) is 5.73. The van der Waals surface area contributed by atoms with E-state index in [4.69, 9.17) is 10.5 Å². The van der Waals surface area contributed by atoms with Crippen molar-refractivity contribution in [3.63, 3.8) is 0 Å². The van der Waals surface area contributed by atoms with Crippen molar-refractivity contribution in [3.8, 4) is 5.75 Å². The quantitative estimate of drug-likeness (QED) is 0.701. The Balaban J connectivity index is 2.80. The number of anilines is 2. The minimum absolute atomic E-state index is 0.00861. The highest BCUT2D eigenvalue weighted by Crippen LogP contribution is 2.26. The number of rotatable bonds is 6. The largest absolute Gasteiger partial charge is 0.493 e. The summed E-state index contributed by atoms with van der Waals surface area (Å²) in [6.07, 6.45) is 2.45. The second-order valence-electron chi connectivity index (χ2n) is 4.46. The molecule has 0 aliphatic heterocycles. The summed E-state index contributed by atoms with van der Waals surface area (Å²) in [5.74, 6) is 1.56. The summed E-state index contributed by atoms with van der Waals surface area (Å²) >= 11 is 0. The van der Waals surface area contributed by atoms with Crippen molar-refractivity contribution in [1.82, 2.24) is 4.98 Å². The summed E-state index contributed by atoms with van der Waals surface area (Å²) in [5, 5.41) is 12.5. The lowest BCUT2D eigenvalue weighted by Crippen LogP contribution is -2.25. The topological polar surface area (TPSA) is 80.4 Å². The maximum absolute atomic E-state index is 9.32. The highest BCUT2D eigenvalue weighted by atomic mass is 16.5. The Morgan fingerprint density at radius 2 is 2.24 bits per heavy atom. The highest BCUT2D eigenvalue weighted by Gasteiger charge is 2.12. The van der Waals surface area contributed by atoms with Gasteiger partial charge in [-0.25, -0.2) is 4.98 Å². The Hall–Kier alpha value is -1.49. The molecule has 0 spiro atoms. The fourth-order valence-electron chi connectivity index (χ4n) is 1.70. The Morgan fingerprint density at radius 1 is 1.53 bits per heavy atom. The molecule has 1 aromatic heterocycles. The molecule has 96 valence electrons. The highest BCUT2D eigenvalue weighted by molar-refractivity contribution is 5.60. The van der Waals surface area contributed by atoms with Crippen LogP contribution in [0.25, 0.3) is 0 Å². The minimum Gasteiger partial charge on any atom is -0.493 e. The van der Waals surface area contributed by atoms with Crippen LogP contribution in [0.2, 0.25) is 0 Å². The summed E-state index contributed by atoms with van der Waals surface area (Å²) in [4.78, 5) is 3.95. The minimum atomic E-state index is -0.00861. The summed E-state index contributed by atoms with van der Waals surface area (Å²) in [5.41, 5.74) is 6.40. The lowest BCUT2D eigenvalue weighted by Gasteiger charge is -2.21. The van der Waals surface area contributed by atoms with Crippen molar-refractivity contribution >= 4 is 11.5 Å². The molecule has 0 aliphatic carbocycles. The van der Waals surface area contributed by atoms with Crippen molar-refractivity contribution in [2.24, 2.45) is 5.92 Å². The van der Waals surface area contributed by atoms with Gasteiger partial charge in [-0.2, -0.15) is 0 Å². The van der Waals surface area contributed by atoms with Crippen LogP contribution in [0.5, 0.6) is 5.75 Å². The van der Waals surface area contributed by atoms with E-state index in [0.29, 0.717) is 17.5 Å². The average Bonchev–Trinajstić information content (AvgIpc) is 2.28. The van der Waals surface area contributed by atoms with Gasteiger partial charge in [-0.05, 0) is 12.3 Å². The molecule has 0 aromatic carbocycles. The molecule has 5 heteroatoms. The van der Waals surface area contributed by atoms with E-state index in [2.05, 4.69) is 24.1 Å². The second-order valence-corrected chi connectivity index (χ2v) is 4.46. The molecular formula is C12H21N3O2. The predicted molar refractivity (Wildman–Crippen MR) is 69.2 cm³/mol. The number of methoxy groups -OCH3 is 1. The van der Waals surface area contributed by atoms with Gasteiger partial charge < -0.3 is 20.9 Å². The molecule has 1 rings (SSSR count). The molecule has 0 saturated carbocycles. The molecule has 0 unspecified atom stereocenters. The number of ether oxygens (including phenoxy) is 1. The van der Waals surface area contributed by atoms with Gasteiger partial charge >= 0.3 is 0 Å². The van der Waals surface area contributed by atoms with E-state index in [1.54, 1.807) is 19.4 Å². The molecule has 0 aliphatic rings. The molecule has 17 heavy (non-hydrogen) atoms. The number of nitrogen functional groups attached to an aromatic ring is 1. The van der Waals surface area contributed by atoms with Crippen LogP contribution in [-0.2, 0) is 0 Å². The molecule has 1 aromatic rings. The van der Waals surface area contributed by atoms with Crippen LogP contribution >= 0.6 is 0 Å². The smallest absolute Gasteiger partial charge is 0.160 e. The van der Waals surface area contributed by atoms with Crippen molar-refractivity contribution in [2.75, 3.05) is 24.8 Å². The number of nitrogens with one attached hydrogen (secondary N) is 1. The van der Waals surface area contributed by atoms with Crippen LogP contribution in [0.1, 0.15) is 20.3 Å². The van der Waals surface area contributed by atoms with Crippen LogP contribution in [0, 0.1) is 5.92 Å². The van der Waals surface area contributed by atoms with Gasteiger partial charge in [-0.1, -0.05) is 13.8 Å². The van der Waals surface area contributed by atoms with Gasteiger partial charge in [-0.3, -0.25) is 0 Å². The molecule has 4 N–H and O–H groups in total. The number of hydrogen-bond donors (Lipinski definition) is 3. The van der Waals surface area contributed by atoms with Crippen molar-refractivity contribution in [2.45, 2.75) is 26.3 Å². The first-order chi connectivity index (χ1) is 8.06. The van der Waals surface area contributed by atoms with Crippen molar-refractivity contribution in [1.29, 1.82) is 0 Å². The zero-order valence-corrected chi connectivity index (χ0v) is 10.6. The van der Waals surface area contributed by atoms with Crippen molar-refractivity contribution < 1.29 is 9.84 Å². The van der Waals surface area contributed by atoms with Crippen molar-refractivity contribution in [3.05, 3.63) is 12.3 Å². The first kappa shape index (κ1) is 13.6. The number of aliphatic hydroxyl groups excluding tert-OH is 1. The number of nitrogens with two attached hydrogens (primary N) is 1. The number of nitrogens with zero attached hydrogens (tertiary/aromatic N) is 1. The molecular weight excluding hydrogens is 218 g/mol. The fourth-order valence-corrected chi connectivity index (χ4v) is 1.70. The van der Waals surface area contributed by atoms with Gasteiger partial charge in [0.05, 0.1) is 25.6 Å². The van der Waals surface area contributed by atoms with Crippen LogP contribution in [0.3, 0.4) is 0 Å². The molecule has 0 amide bonds. The van der Waals surface area contributed by atoms with E-state index in [1.807, 2.05) is 0 Å². The van der Waals surface area contributed by atoms with Crippen LogP contribution in [-0.4, -0.2) is 29.8 Å². The van der Waals surface area contributed by atoms with E-state index in [1.165, 1.54) is 0 Å². The van der Waals surface area contributed by atoms with Gasteiger partial charge in [0.15, 0.2) is 5.75 Å². The SMILES string of the molecule is COc1cnc(N)cc1N[C@H](CO)CC(C)C. The molecule has 0 radical (unpaired) electrons. The van der Waals surface area contributed by atoms with E-state index < -0.39 is 0 Å². The summed E-state index contributed by atoms with van der Waals surface area (Å²) in [6.45, 7) is 4.30. The van der Waals surface area contributed by atoms with Gasteiger partial charge in [0.1, 0.15) is 5.82 Å². The Bertz CT molecular complexity index is 356. The van der Waals surface area contributed by atoms with Crippen LogP contribution < -0.4 is 15.8 Å². The van der Waals surface area contributed by atoms with Gasteiger partial charge in [-0.15, -0.1) is 0 Å². The van der Waals surface area contributed by atoms with Gasteiger partial charge in [0.2, 0.25) is 0 Å². The van der Waals surface area contributed by atoms with E-state index in [9.17, 15) is 5.11 Å². The summed E-state index contributed by atoms with van der Waals surface area (Å²) in [6, 6.07) is 1.70. The van der Waals surface area contributed by atoms with E-state index in [-0.39, 0.29) is 12.6 Å². The standard InChI is InChI=1S/C12H21N3O2/c1-8(2)4-9(7-16)15-10-5-12(13)14-6-11(10)17-3/h5-6,8-9,16H,4,7H2,1-3H3,(H3,13,14,15)/t9-/m0/s1. The zero-order valence-electron chi connectivity index (χ0n) is 10.6. The Morgan fingerprint density at radius 3 is 2.76 bits per heavy atom. The van der Waals surface area contributed by atoms with E-state index in [0.717, 1.165) is 12.1 Å². The van der Waals surface area contributed by atoms with Gasteiger partial charge in [0.25, 0.3) is 0 Å². The van der Waals surface area contributed by atoms with E-state index >= 15 is 0 Å². The first-order valence-corrected chi connectivity index (χ1v) is 5.73. The summed E-state index contributed by atoms with van der Waals surface area (Å²) in [7, 11) is 1.58. The molecule has 0 saturated heterocycles. The second kappa shape index (κ2) is 6.30. The van der Waals surface area contributed by atoms with Crippen LogP contribution in [0.15, 0.2) is 12.3 Å². The zero-order chi connectivity index (χ0) is 12.8. The third kappa shape index (κ3) is 4.11. The lowest BCUT2D eigenvalue weighted by molar-refractivity contribution is 0.259. The molecule has 0 bridgehead atoms. The third-order valence-corrected chi connectivity index (χ3v) is 2.44. The lowest BCUT2D eigenvalue weighted by atomic mass is 10.0. The summed E-state index contributed by atoms with van der Waals surface area (Å²) < 4.78 is 5.19. The number of aliphatic hydroxyl groups is 1. The molecule has 5 nitrogen and oxygen atoms in total. The maximum Gasteiger partial charge on any atom is 0.160 e. The van der Waals surface area contributed by atoms with Crippen LogP contribution in [0.4, 0.5) is 11.5 Å². The Labute approximate surface area is 102 Å². The number of pyridine rings is 1. The normalized spacial score (nSPS) is 12.5. The maximum atomic E-state index is 9.32. The molecule has 1 atom stereocenters. The van der Waals surface area contributed by atoms with Gasteiger partial charge in [0, 0.05) is 12.1 Å². The predicted octanol–water partition coefficient (Wildman–Crippen LogP) is 1.49. The number of aromatic nitrogens is 1.